The molecule has 0 spiro atoms. The third-order valence-corrected chi connectivity index (χ3v) is 3.32. The van der Waals surface area contributed by atoms with E-state index in [-0.39, 0.29) is 0 Å². The average Bonchev–Trinajstić information content (AvgIpc) is 2.39. The molecule has 0 amide bonds. The van der Waals surface area contributed by atoms with E-state index >= 15 is 0 Å². The van der Waals surface area contributed by atoms with Gasteiger partial charge in [0.15, 0.2) is 0 Å². The topological polar surface area (TPSA) is 29.1 Å². The summed E-state index contributed by atoms with van der Waals surface area (Å²) in [5.41, 5.74) is 1.41. The van der Waals surface area contributed by atoms with Gasteiger partial charge in [-0.05, 0) is 38.2 Å². The molecule has 2 heteroatoms. The van der Waals surface area contributed by atoms with Crippen LogP contribution in [0.1, 0.15) is 45.1 Å². The largest absolute Gasteiger partial charge is 0.311 e. The minimum Gasteiger partial charge on any atom is -0.311 e. The van der Waals surface area contributed by atoms with Crippen molar-refractivity contribution < 1.29 is 4.79 Å². The highest BCUT2D eigenvalue weighted by Crippen LogP contribution is 2.09. The lowest BCUT2D eigenvalue weighted by molar-refractivity contribution is -0.108. The van der Waals surface area contributed by atoms with Crippen molar-refractivity contribution in [3.05, 3.63) is 35.9 Å². The molecule has 1 N–H and O–H groups in total. The minimum atomic E-state index is 0.296. The summed E-state index contributed by atoms with van der Waals surface area (Å²) in [5, 5.41) is 3.52. The molecule has 0 heterocycles. The molecule has 1 rings (SSSR count). The van der Waals surface area contributed by atoms with Gasteiger partial charge in [0.25, 0.3) is 0 Å². The van der Waals surface area contributed by atoms with Gasteiger partial charge in [-0.15, -0.1) is 0 Å². The van der Waals surface area contributed by atoms with Crippen molar-refractivity contribution in [3.8, 4) is 0 Å². The summed E-state index contributed by atoms with van der Waals surface area (Å²) in [7, 11) is 0. The molecule has 1 aromatic rings. The lowest BCUT2D eigenvalue weighted by atomic mass is 10.0. The maximum absolute atomic E-state index is 10.4. The molecule has 0 aliphatic heterocycles. The number of carbonyl (C=O) groups excluding carboxylic acids is 1. The number of nitrogens with one attached hydrogen (secondary N) is 1. The molecule has 0 fully saturated rings. The Morgan fingerprint density at radius 2 is 2.00 bits per heavy atom. The highest BCUT2D eigenvalue weighted by Gasteiger charge is 2.09. The van der Waals surface area contributed by atoms with Gasteiger partial charge in [0, 0.05) is 18.5 Å². The summed E-state index contributed by atoms with van der Waals surface area (Å²) < 4.78 is 0. The molecule has 2 unspecified atom stereocenters. The average molecular weight is 247 g/mol. The number of carbonyl (C=O) groups is 1. The number of rotatable bonds is 9. The van der Waals surface area contributed by atoms with E-state index in [1.807, 2.05) is 0 Å². The lowest BCUT2D eigenvalue weighted by Gasteiger charge is -2.21. The quantitative estimate of drug-likeness (QED) is 0.678. The molecule has 0 radical (unpaired) electrons. The maximum Gasteiger partial charge on any atom is 0.121 e. The van der Waals surface area contributed by atoms with E-state index in [9.17, 15) is 4.79 Å². The zero-order chi connectivity index (χ0) is 13.2. The van der Waals surface area contributed by atoms with Gasteiger partial charge in [0.1, 0.15) is 6.29 Å². The third kappa shape index (κ3) is 5.97. The summed E-state index contributed by atoms with van der Waals surface area (Å²) in [5.74, 6) is 0. The first-order chi connectivity index (χ1) is 8.76. The second-order valence-corrected chi connectivity index (χ2v) is 4.95. The van der Waals surface area contributed by atoms with Gasteiger partial charge in [-0.2, -0.15) is 0 Å². The van der Waals surface area contributed by atoms with Crippen molar-refractivity contribution in [2.45, 2.75) is 58.0 Å². The van der Waals surface area contributed by atoms with E-state index in [0.717, 1.165) is 19.1 Å². The van der Waals surface area contributed by atoms with Gasteiger partial charge in [0.05, 0.1) is 0 Å². The molecule has 2 atom stereocenters. The summed E-state index contributed by atoms with van der Waals surface area (Å²) in [6.07, 6.45) is 6.24. The number of hydrogen-bond acceptors (Lipinski definition) is 2. The van der Waals surface area contributed by atoms with Crippen molar-refractivity contribution in [1.82, 2.24) is 5.32 Å². The number of aldehydes is 1. The van der Waals surface area contributed by atoms with Crippen LogP contribution in [0.15, 0.2) is 30.3 Å². The van der Waals surface area contributed by atoms with Crippen molar-refractivity contribution >= 4 is 6.29 Å². The molecule has 0 aromatic heterocycles. The predicted octanol–water partition coefficient (Wildman–Crippen LogP) is 3.36. The van der Waals surface area contributed by atoms with Crippen LogP contribution in [-0.2, 0) is 11.2 Å². The van der Waals surface area contributed by atoms with Crippen molar-refractivity contribution in [3.63, 3.8) is 0 Å². The van der Waals surface area contributed by atoms with Crippen LogP contribution < -0.4 is 5.32 Å². The van der Waals surface area contributed by atoms with Gasteiger partial charge >= 0.3 is 0 Å². The van der Waals surface area contributed by atoms with Crippen LogP contribution in [0.5, 0.6) is 0 Å². The zero-order valence-electron chi connectivity index (χ0n) is 11.6. The van der Waals surface area contributed by atoms with Crippen LogP contribution in [0, 0.1) is 0 Å². The first-order valence-electron chi connectivity index (χ1n) is 6.99. The van der Waals surface area contributed by atoms with Crippen LogP contribution in [-0.4, -0.2) is 18.4 Å². The Balaban J connectivity index is 2.25. The Morgan fingerprint density at radius 1 is 1.28 bits per heavy atom. The Kier molecular flexibility index (Phi) is 7.35. The smallest absolute Gasteiger partial charge is 0.121 e. The van der Waals surface area contributed by atoms with Crippen molar-refractivity contribution in [2.75, 3.05) is 0 Å². The van der Waals surface area contributed by atoms with Gasteiger partial charge in [-0.1, -0.05) is 37.3 Å². The monoisotopic (exact) mass is 247 g/mol. The van der Waals surface area contributed by atoms with Crippen LogP contribution in [0.2, 0.25) is 0 Å². The van der Waals surface area contributed by atoms with E-state index in [1.165, 1.54) is 18.4 Å². The lowest BCUT2D eigenvalue weighted by Crippen LogP contribution is -2.36. The van der Waals surface area contributed by atoms with Gasteiger partial charge in [-0.25, -0.2) is 0 Å². The minimum absolute atomic E-state index is 0.296. The van der Waals surface area contributed by atoms with Crippen LogP contribution in [0.3, 0.4) is 0 Å². The van der Waals surface area contributed by atoms with Gasteiger partial charge in [0.2, 0.25) is 0 Å². The first kappa shape index (κ1) is 14.9. The SMILES string of the molecule is CCC(CCCc1ccccc1)NC(C)CC=O. The summed E-state index contributed by atoms with van der Waals surface area (Å²) in [6.45, 7) is 4.28. The Labute approximate surface area is 111 Å². The molecule has 0 saturated heterocycles. The molecule has 100 valence electrons. The van der Waals surface area contributed by atoms with E-state index < -0.39 is 0 Å². The fourth-order valence-electron chi connectivity index (χ4n) is 2.22. The molecule has 2 nitrogen and oxygen atoms in total. The standard InChI is InChI=1S/C16H25NO/c1-3-16(17-14(2)12-13-18)11-7-10-15-8-5-4-6-9-15/h4-6,8-9,13-14,16-17H,3,7,10-12H2,1-2H3. The molecule has 0 bridgehead atoms. The Hall–Kier alpha value is -1.15. The van der Waals surface area contributed by atoms with Gasteiger partial charge < -0.3 is 10.1 Å². The van der Waals surface area contributed by atoms with E-state index in [1.54, 1.807) is 0 Å². The zero-order valence-corrected chi connectivity index (χ0v) is 11.6. The second-order valence-electron chi connectivity index (χ2n) is 4.95. The predicted molar refractivity (Wildman–Crippen MR) is 76.7 cm³/mol. The summed E-state index contributed by atoms with van der Waals surface area (Å²) in [6, 6.07) is 11.4. The molecule has 1 aromatic carbocycles. The van der Waals surface area contributed by atoms with E-state index in [4.69, 9.17) is 0 Å². The summed E-state index contributed by atoms with van der Waals surface area (Å²) >= 11 is 0. The Morgan fingerprint density at radius 3 is 2.61 bits per heavy atom. The normalized spacial score (nSPS) is 14.1. The third-order valence-electron chi connectivity index (χ3n) is 3.32. The second kappa shape index (κ2) is 8.87. The maximum atomic E-state index is 10.4. The number of aryl methyl sites for hydroxylation is 1. The first-order valence-corrected chi connectivity index (χ1v) is 6.99. The molecule has 0 aliphatic carbocycles. The van der Waals surface area contributed by atoms with Crippen LogP contribution in [0.25, 0.3) is 0 Å². The van der Waals surface area contributed by atoms with Crippen LogP contribution >= 0.6 is 0 Å². The fraction of sp³-hybridized carbons (Fsp3) is 0.562. The molecule has 0 saturated carbocycles. The van der Waals surface area contributed by atoms with Crippen molar-refractivity contribution in [2.24, 2.45) is 0 Å². The number of benzene rings is 1. The fourth-order valence-corrected chi connectivity index (χ4v) is 2.22. The van der Waals surface area contributed by atoms with Crippen molar-refractivity contribution in [1.29, 1.82) is 0 Å². The molecular weight excluding hydrogens is 222 g/mol. The van der Waals surface area contributed by atoms with E-state index in [2.05, 4.69) is 49.5 Å². The molecule has 0 aliphatic rings. The van der Waals surface area contributed by atoms with Gasteiger partial charge in [-0.3, -0.25) is 0 Å². The Bertz CT molecular complexity index is 323. The molecule has 18 heavy (non-hydrogen) atoms. The summed E-state index contributed by atoms with van der Waals surface area (Å²) in [4.78, 5) is 10.4. The van der Waals surface area contributed by atoms with E-state index in [0.29, 0.717) is 18.5 Å². The highest BCUT2D eigenvalue weighted by molar-refractivity contribution is 5.50. The number of hydrogen-bond donors (Lipinski definition) is 1. The molecular formula is C16H25NO. The van der Waals surface area contributed by atoms with Crippen LogP contribution in [0.4, 0.5) is 0 Å². The highest BCUT2D eigenvalue weighted by atomic mass is 16.1.